The number of aromatic nitrogens is 3. The predicted octanol–water partition coefficient (Wildman–Crippen LogP) is 3.87. The highest BCUT2D eigenvalue weighted by Gasteiger charge is 2.09. The largest absolute Gasteiger partial charge is 0.362 e. The Hall–Kier alpha value is -2.14. The Kier molecular flexibility index (Phi) is 4.01. The van der Waals surface area contributed by atoms with Crippen molar-refractivity contribution in [1.29, 1.82) is 0 Å². The summed E-state index contributed by atoms with van der Waals surface area (Å²) in [5, 5.41) is 11.1. The molecule has 0 aliphatic rings. The van der Waals surface area contributed by atoms with E-state index in [4.69, 9.17) is 0 Å². The number of benzene rings is 1. The Balaban J connectivity index is 1.66. The van der Waals surface area contributed by atoms with Crippen LogP contribution in [0.2, 0.25) is 0 Å². The van der Waals surface area contributed by atoms with Gasteiger partial charge in [-0.2, -0.15) is 5.10 Å². The molecule has 0 aliphatic carbocycles. The van der Waals surface area contributed by atoms with Crippen LogP contribution < -0.4 is 5.32 Å². The van der Waals surface area contributed by atoms with Crippen LogP contribution >= 0.6 is 11.3 Å². The molecular formula is C16H18N4S. The average Bonchev–Trinajstić information content (AvgIpc) is 3.14. The summed E-state index contributed by atoms with van der Waals surface area (Å²) in [5.41, 5.74) is 2.32. The first kappa shape index (κ1) is 13.8. The summed E-state index contributed by atoms with van der Waals surface area (Å²) < 4.78 is 1.98. The van der Waals surface area contributed by atoms with Crippen molar-refractivity contribution in [2.75, 3.05) is 5.32 Å². The molecular weight excluding hydrogens is 280 g/mol. The minimum Gasteiger partial charge on any atom is -0.362 e. The maximum absolute atomic E-state index is 4.59. The highest BCUT2D eigenvalue weighted by molar-refractivity contribution is 7.09. The van der Waals surface area contributed by atoms with Gasteiger partial charge in [-0.1, -0.05) is 30.3 Å². The summed E-state index contributed by atoms with van der Waals surface area (Å²) in [4.78, 5) is 4.44. The molecule has 0 aliphatic heterocycles. The van der Waals surface area contributed by atoms with Gasteiger partial charge in [0.2, 0.25) is 0 Å². The van der Waals surface area contributed by atoms with Crippen molar-refractivity contribution in [3.05, 3.63) is 64.2 Å². The number of hydrogen-bond donors (Lipinski definition) is 1. The van der Waals surface area contributed by atoms with Crippen molar-refractivity contribution < 1.29 is 0 Å². The molecule has 0 fully saturated rings. The number of rotatable bonds is 5. The van der Waals surface area contributed by atoms with Gasteiger partial charge >= 0.3 is 0 Å². The molecule has 5 heteroatoms. The molecule has 1 atom stereocenters. The molecule has 0 amide bonds. The van der Waals surface area contributed by atoms with Crippen LogP contribution in [-0.2, 0) is 6.54 Å². The molecule has 3 aromatic rings. The zero-order chi connectivity index (χ0) is 14.7. The molecule has 2 heterocycles. The second kappa shape index (κ2) is 6.10. The number of nitrogens with zero attached hydrogens (tertiary/aromatic N) is 3. The predicted molar refractivity (Wildman–Crippen MR) is 86.7 cm³/mol. The summed E-state index contributed by atoms with van der Waals surface area (Å²) >= 11 is 1.67. The first-order valence-electron chi connectivity index (χ1n) is 6.97. The molecule has 0 saturated carbocycles. The molecule has 3 rings (SSSR count). The highest BCUT2D eigenvalue weighted by atomic mass is 32.1. The normalized spacial score (nSPS) is 12.3. The second-order valence-electron chi connectivity index (χ2n) is 5.00. The lowest BCUT2D eigenvalue weighted by atomic mass is 10.1. The van der Waals surface area contributed by atoms with Crippen LogP contribution in [0.5, 0.6) is 0 Å². The zero-order valence-electron chi connectivity index (χ0n) is 12.2. The SMILES string of the molecule is Cc1csc(CNc2ccn([C@H](C)c3ccccc3)n2)n1. The number of nitrogens with one attached hydrogen (secondary N) is 1. The first-order valence-corrected chi connectivity index (χ1v) is 7.85. The van der Waals surface area contributed by atoms with E-state index >= 15 is 0 Å². The third-order valence-electron chi connectivity index (χ3n) is 3.37. The van der Waals surface area contributed by atoms with Crippen molar-refractivity contribution in [2.24, 2.45) is 0 Å². The van der Waals surface area contributed by atoms with Gasteiger partial charge in [0, 0.05) is 23.3 Å². The lowest BCUT2D eigenvalue weighted by molar-refractivity contribution is 0.566. The molecule has 108 valence electrons. The van der Waals surface area contributed by atoms with E-state index < -0.39 is 0 Å². The maximum atomic E-state index is 4.59. The average molecular weight is 298 g/mol. The molecule has 2 aromatic heterocycles. The van der Waals surface area contributed by atoms with Crippen molar-refractivity contribution in [1.82, 2.24) is 14.8 Å². The lowest BCUT2D eigenvalue weighted by Crippen LogP contribution is -2.08. The van der Waals surface area contributed by atoms with Crippen LogP contribution in [0.25, 0.3) is 0 Å². The maximum Gasteiger partial charge on any atom is 0.148 e. The Morgan fingerprint density at radius 2 is 2.05 bits per heavy atom. The van der Waals surface area contributed by atoms with Crippen LogP contribution in [0.3, 0.4) is 0 Å². The summed E-state index contributed by atoms with van der Waals surface area (Å²) in [7, 11) is 0. The summed E-state index contributed by atoms with van der Waals surface area (Å²) in [6.45, 7) is 4.88. The van der Waals surface area contributed by atoms with Crippen LogP contribution in [0.1, 0.15) is 29.2 Å². The molecule has 1 aromatic carbocycles. The quantitative estimate of drug-likeness (QED) is 0.777. The fourth-order valence-electron chi connectivity index (χ4n) is 2.18. The minimum absolute atomic E-state index is 0.226. The van der Waals surface area contributed by atoms with Gasteiger partial charge in [0.05, 0.1) is 12.6 Å². The Bertz CT molecular complexity index is 702. The number of hydrogen-bond acceptors (Lipinski definition) is 4. The van der Waals surface area contributed by atoms with Gasteiger partial charge in [-0.25, -0.2) is 4.98 Å². The lowest BCUT2D eigenvalue weighted by Gasteiger charge is -2.12. The van der Waals surface area contributed by atoms with Gasteiger partial charge < -0.3 is 5.32 Å². The molecule has 0 unspecified atom stereocenters. The molecule has 0 bridgehead atoms. The Morgan fingerprint density at radius 3 is 2.76 bits per heavy atom. The van der Waals surface area contributed by atoms with E-state index in [0.29, 0.717) is 0 Å². The van der Waals surface area contributed by atoms with Gasteiger partial charge in [-0.05, 0) is 19.4 Å². The topological polar surface area (TPSA) is 42.7 Å². The number of anilines is 1. The van der Waals surface area contributed by atoms with E-state index in [1.165, 1.54) is 5.56 Å². The fraction of sp³-hybridized carbons (Fsp3) is 0.250. The summed E-state index contributed by atoms with van der Waals surface area (Å²) in [6, 6.07) is 12.6. The zero-order valence-corrected chi connectivity index (χ0v) is 13.0. The van der Waals surface area contributed by atoms with Crippen molar-refractivity contribution in [3.8, 4) is 0 Å². The van der Waals surface area contributed by atoms with Crippen LogP contribution in [0, 0.1) is 6.92 Å². The summed E-state index contributed by atoms with van der Waals surface area (Å²) in [6.07, 6.45) is 2.01. The fourth-order valence-corrected chi connectivity index (χ4v) is 2.89. The Labute approximate surface area is 128 Å². The van der Waals surface area contributed by atoms with Crippen molar-refractivity contribution >= 4 is 17.2 Å². The third kappa shape index (κ3) is 3.31. The molecule has 0 radical (unpaired) electrons. The Morgan fingerprint density at radius 1 is 1.24 bits per heavy atom. The minimum atomic E-state index is 0.226. The van der Waals surface area contributed by atoms with Crippen LogP contribution in [0.4, 0.5) is 5.82 Å². The molecule has 21 heavy (non-hydrogen) atoms. The number of aryl methyl sites for hydroxylation is 1. The van der Waals surface area contributed by atoms with Crippen molar-refractivity contribution in [3.63, 3.8) is 0 Å². The van der Waals surface area contributed by atoms with E-state index in [1.807, 2.05) is 29.9 Å². The molecule has 1 N–H and O–H groups in total. The van der Waals surface area contributed by atoms with Gasteiger partial charge in [0.15, 0.2) is 0 Å². The molecule has 4 nitrogen and oxygen atoms in total. The van der Waals surface area contributed by atoms with E-state index in [9.17, 15) is 0 Å². The van der Waals surface area contributed by atoms with Crippen molar-refractivity contribution in [2.45, 2.75) is 26.4 Å². The van der Waals surface area contributed by atoms with Crippen LogP contribution in [-0.4, -0.2) is 14.8 Å². The highest BCUT2D eigenvalue weighted by Crippen LogP contribution is 2.18. The third-order valence-corrected chi connectivity index (χ3v) is 4.34. The molecule has 0 spiro atoms. The van der Waals surface area contributed by atoms with Gasteiger partial charge in [0.25, 0.3) is 0 Å². The standard InChI is InChI=1S/C16H18N4S/c1-12-11-21-16(18-12)10-17-15-8-9-20(19-15)13(2)14-6-4-3-5-7-14/h3-9,11,13H,10H2,1-2H3,(H,17,19)/t13-/m1/s1. The van der Waals surface area contributed by atoms with E-state index in [-0.39, 0.29) is 6.04 Å². The summed E-state index contributed by atoms with van der Waals surface area (Å²) in [5.74, 6) is 0.880. The van der Waals surface area contributed by atoms with Crippen LogP contribution in [0.15, 0.2) is 48.0 Å². The van der Waals surface area contributed by atoms with E-state index in [1.54, 1.807) is 11.3 Å². The number of thiazole rings is 1. The van der Waals surface area contributed by atoms with E-state index in [0.717, 1.165) is 23.1 Å². The van der Waals surface area contributed by atoms with Gasteiger partial charge in [-0.3, -0.25) is 4.68 Å². The smallest absolute Gasteiger partial charge is 0.148 e. The monoisotopic (exact) mass is 298 g/mol. The van der Waals surface area contributed by atoms with Gasteiger partial charge in [-0.15, -0.1) is 11.3 Å². The second-order valence-corrected chi connectivity index (χ2v) is 5.95. The van der Waals surface area contributed by atoms with E-state index in [2.05, 4.69) is 52.0 Å². The molecule has 0 saturated heterocycles. The first-order chi connectivity index (χ1) is 10.2. The van der Waals surface area contributed by atoms with Gasteiger partial charge in [0.1, 0.15) is 10.8 Å².